The van der Waals surface area contributed by atoms with Gasteiger partial charge in [0.05, 0.1) is 11.1 Å². The third-order valence-electron chi connectivity index (χ3n) is 13.7. The molecule has 1 spiro atoms. The molecule has 0 heterocycles. The van der Waals surface area contributed by atoms with Gasteiger partial charge >= 0.3 is 0 Å². The zero-order valence-electron chi connectivity index (χ0n) is 36.0. The van der Waals surface area contributed by atoms with Crippen molar-refractivity contribution in [2.24, 2.45) is 0 Å². The molecule has 0 unspecified atom stereocenters. The minimum Gasteiger partial charge on any atom is -0.310 e. The molecule has 2 heteroatoms. The van der Waals surface area contributed by atoms with Crippen LogP contribution >= 0.6 is 0 Å². The number of nitrogens with zero attached hydrogens (tertiary/aromatic N) is 2. The Morgan fingerprint density at radius 2 is 0.762 bits per heavy atom. The maximum absolute atomic E-state index is 2.55. The highest BCUT2D eigenvalue weighted by Gasteiger charge is 2.53. The molecule has 10 aromatic carbocycles. The van der Waals surface area contributed by atoms with E-state index in [2.05, 4.69) is 244 Å². The van der Waals surface area contributed by atoms with E-state index in [0.717, 1.165) is 28.4 Å². The molecule has 0 saturated carbocycles. The summed E-state index contributed by atoms with van der Waals surface area (Å²) < 4.78 is 0. The average molecular weight is 807 g/mol. The first kappa shape index (κ1) is 37.1. The van der Waals surface area contributed by atoms with Crippen molar-refractivity contribution in [3.8, 4) is 22.3 Å². The largest absolute Gasteiger partial charge is 0.310 e. The quantitative estimate of drug-likeness (QED) is 0.165. The van der Waals surface area contributed by atoms with Crippen LogP contribution in [0.1, 0.15) is 44.5 Å². The predicted octanol–water partition coefficient (Wildman–Crippen LogP) is 16.5. The van der Waals surface area contributed by atoms with Crippen molar-refractivity contribution >= 4 is 55.7 Å². The minimum atomic E-state index is -0.572. The van der Waals surface area contributed by atoms with Crippen molar-refractivity contribution in [1.82, 2.24) is 0 Å². The molecule has 0 saturated heterocycles. The summed E-state index contributed by atoms with van der Waals surface area (Å²) >= 11 is 0. The van der Waals surface area contributed by atoms with Crippen LogP contribution in [0.15, 0.2) is 206 Å². The molecule has 63 heavy (non-hydrogen) atoms. The van der Waals surface area contributed by atoms with Crippen LogP contribution in [0.5, 0.6) is 0 Å². The van der Waals surface area contributed by atoms with E-state index >= 15 is 0 Å². The second-order valence-electron chi connectivity index (χ2n) is 17.6. The smallest absolute Gasteiger partial charge is 0.0732 e. The van der Waals surface area contributed by atoms with Crippen LogP contribution in [0.4, 0.5) is 34.1 Å². The summed E-state index contributed by atoms with van der Waals surface area (Å²) in [6.45, 7) is 8.63. The van der Waals surface area contributed by atoms with Gasteiger partial charge in [-0.3, -0.25) is 0 Å². The molecule has 2 nitrogen and oxygen atoms in total. The van der Waals surface area contributed by atoms with Gasteiger partial charge in [0.1, 0.15) is 0 Å². The Morgan fingerprint density at radius 1 is 0.317 bits per heavy atom. The van der Waals surface area contributed by atoms with Crippen molar-refractivity contribution in [3.05, 3.63) is 251 Å². The van der Waals surface area contributed by atoms with Crippen molar-refractivity contribution < 1.29 is 0 Å². The SMILES string of the molecule is Cc1ccc(N(c2ccc(C)cc2)c2ccc3c4c(ccc3c2)-c2c(cc(N(c3ccc(C)cc3)c3ccc(C)cc3)c3ccccc23)C42c3ccccc3-c3ccccc32)cc1. The Hall–Kier alpha value is -7.68. The lowest BCUT2D eigenvalue weighted by Crippen LogP contribution is -2.26. The predicted molar refractivity (Wildman–Crippen MR) is 266 cm³/mol. The zero-order chi connectivity index (χ0) is 42.4. The van der Waals surface area contributed by atoms with E-state index < -0.39 is 5.41 Å². The van der Waals surface area contributed by atoms with Gasteiger partial charge in [-0.25, -0.2) is 0 Å². The molecule has 0 amide bonds. The van der Waals surface area contributed by atoms with E-state index in [1.54, 1.807) is 0 Å². The van der Waals surface area contributed by atoms with Crippen LogP contribution in [0.3, 0.4) is 0 Å². The van der Waals surface area contributed by atoms with Crippen LogP contribution in [-0.2, 0) is 5.41 Å². The molecule has 0 radical (unpaired) electrons. The lowest BCUT2D eigenvalue weighted by molar-refractivity contribution is 0.802. The highest BCUT2D eigenvalue weighted by Crippen LogP contribution is 2.66. The fourth-order valence-electron chi connectivity index (χ4n) is 10.8. The van der Waals surface area contributed by atoms with Gasteiger partial charge < -0.3 is 9.80 Å². The Labute approximate surface area is 370 Å². The number of hydrogen-bond acceptors (Lipinski definition) is 2. The standard InChI is InChI=1S/C61H46N2/c1-39-17-26-44(27-18-39)62(45-28-19-40(2)20-29-45)48-34-36-49-43(37-48)25-35-54-59-53-14-6-5-13-52(53)58(63(46-30-21-41(3)22-31-46)47-32-23-42(4)24-33-47)38-57(59)61(60(49)54)55-15-9-7-11-50(55)51-12-8-10-16-56(51)61/h5-38H,1-4H3. The van der Waals surface area contributed by atoms with E-state index in [9.17, 15) is 0 Å². The van der Waals surface area contributed by atoms with E-state index in [4.69, 9.17) is 0 Å². The molecular weight excluding hydrogens is 761 g/mol. The van der Waals surface area contributed by atoms with Crippen LogP contribution in [0.25, 0.3) is 43.8 Å². The molecule has 0 bridgehead atoms. The molecule has 2 aliphatic rings. The van der Waals surface area contributed by atoms with Gasteiger partial charge in [0.15, 0.2) is 0 Å². The average Bonchev–Trinajstić information content (AvgIpc) is 3.79. The lowest BCUT2D eigenvalue weighted by atomic mass is 9.69. The second-order valence-corrected chi connectivity index (χ2v) is 17.6. The van der Waals surface area contributed by atoms with E-state index in [-0.39, 0.29) is 0 Å². The zero-order valence-corrected chi connectivity index (χ0v) is 36.0. The van der Waals surface area contributed by atoms with Crippen LogP contribution < -0.4 is 9.80 Å². The van der Waals surface area contributed by atoms with Gasteiger partial charge in [0, 0.05) is 33.8 Å². The Bertz CT molecular complexity index is 3280. The first-order chi connectivity index (χ1) is 30.9. The number of benzene rings is 10. The van der Waals surface area contributed by atoms with Crippen LogP contribution in [0, 0.1) is 27.7 Å². The molecule has 2 aliphatic carbocycles. The second kappa shape index (κ2) is 14.2. The van der Waals surface area contributed by atoms with Crippen molar-refractivity contribution in [2.45, 2.75) is 33.1 Å². The number of anilines is 6. The molecule has 0 atom stereocenters. The normalized spacial score (nSPS) is 12.9. The van der Waals surface area contributed by atoms with E-state index in [1.165, 1.54) is 94.0 Å². The maximum atomic E-state index is 2.55. The molecule has 10 aromatic rings. The third kappa shape index (κ3) is 5.57. The summed E-state index contributed by atoms with van der Waals surface area (Å²) in [4.78, 5) is 4.86. The molecule has 300 valence electrons. The Kier molecular flexibility index (Phi) is 8.36. The van der Waals surface area contributed by atoms with Gasteiger partial charge in [0.25, 0.3) is 0 Å². The highest BCUT2D eigenvalue weighted by molar-refractivity contribution is 6.15. The molecule has 0 fully saturated rings. The van der Waals surface area contributed by atoms with Crippen LogP contribution in [0.2, 0.25) is 0 Å². The molecule has 0 aromatic heterocycles. The maximum Gasteiger partial charge on any atom is 0.0732 e. The summed E-state index contributed by atoms with van der Waals surface area (Å²) in [5.74, 6) is 0. The summed E-state index contributed by atoms with van der Waals surface area (Å²) in [6.07, 6.45) is 0. The first-order valence-electron chi connectivity index (χ1n) is 22.1. The van der Waals surface area contributed by atoms with E-state index in [0.29, 0.717) is 0 Å². The lowest BCUT2D eigenvalue weighted by Gasteiger charge is -2.34. The van der Waals surface area contributed by atoms with Gasteiger partial charge in [-0.15, -0.1) is 0 Å². The molecule has 12 rings (SSSR count). The monoisotopic (exact) mass is 806 g/mol. The highest BCUT2D eigenvalue weighted by atomic mass is 15.1. The number of hydrogen-bond donors (Lipinski definition) is 0. The third-order valence-corrected chi connectivity index (χ3v) is 13.7. The Morgan fingerprint density at radius 3 is 1.29 bits per heavy atom. The van der Waals surface area contributed by atoms with Gasteiger partial charge in [-0.05, 0) is 155 Å². The summed E-state index contributed by atoms with van der Waals surface area (Å²) in [6, 6.07) is 77.6. The molecule has 0 aliphatic heterocycles. The summed E-state index contributed by atoms with van der Waals surface area (Å²) in [7, 11) is 0. The Balaban J connectivity index is 1.17. The minimum absolute atomic E-state index is 0.572. The molecular formula is C61H46N2. The first-order valence-corrected chi connectivity index (χ1v) is 22.1. The summed E-state index contributed by atoms with van der Waals surface area (Å²) in [5.41, 5.74) is 21.8. The van der Waals surface area contributed by atoms with Crippen molar-refractivity contribution in [2.75, 3.05) is 9.80 Å². The van der Waals surface area contributed by atoms with Crippen molar-refractivity contribution in [1.29, 1.82) is 0 Å². The van der Waals surface area contributed by atoms with Gasteiger partial charge in [-0.1, -0.05) is 162 Å². The topological polar surface area (TPSA) is 6.48 Å². The number of rotatable bonds is 6. The number of aryl methyl sites for hydroxylation is 4. The number of fused-ring (bicyclic) bond motifs is 14. The fourth-order valence-corrected chi connectivity index (χ4v) is 10.8. The van der Waals surface area contributed by atoms with Crippen molar-refractivity contribution in [3.63, 3.8) is 0 Å². The van der Waals surface area contributed by atoms with Gasteiger partial charge in [0.2, 0.25) is 0 Å². The summed E-state index contributed by atoms with van der Waals surface area (Å²) in [5, 5.41) is 4.97. The van der Waals surface area contributed by atoms with Gasteiger partial charge in [-0.2, -0.15) is 0 Å². The fraction of sp³-hybridized carbons (Fsp3) is 0.0820. The van der Waals surface area contributed by atoms with E-state index in [1.807, 2.05) is 0 Å². The molecule has 0 N–H and O–H groups in total. The van der Waals surface area contributed by atoms with Crippen LogP contribution in [-0.4, -0.2) is 0 Å².